The summed E-state index contributed by atoms with van der Waals surface area (Å²) in [4.78, 5) is 4.04. The normalized spacial score (nSPS) is 18.2. The number of halogens is 2. The molecule has 2 aliphatic carbocycles. The summed E-state index contributed by atoms with van der Waals surface area (Å²) in [5, 5.41) is 29.8. The van der Waals surface area contributed by atoms with Crippen LogP contribution < -0.4 is 15.2 Å². The van der Waals surface area contributed by atoms with Crippen LogP contribution in [-0.2, 0) is 41.2 Å². The second-order valence-electron chi connectivity index (χ2n) is 8.44. The number of fused-ring (bicyclic) bond motifs is 2. The minimum Gasteiger partial charge on any atom is -0.434 e. The van der Waals surface area contributed by atoms with Crippen LogP contribution in [0.5, 0.6) is 5.75 Å². The SMILES string of the molecule is CC(C)(O)c1ncc(S(N)(=O)=NC(O)Nc2c3c(c(OC(F)F)c4c2CCC4)CCC3)s1. The number of aromatic nitrogens is 1. The summed E-state index contributed by atoms with van der Waals surface area (Å²) in [6.45, 7) is 0.188. The first-order valence-electron chi connectivity index (χ1n) is 10.3. The van der Waals surface area contributed by atoms with Gasteiger partial charge in [-0.3, -0.25) is 0 Å². The Balaban J connectivity index is 1.68. The van der Waals surface area contributed by atoms with Gasteiger partial charge in [-0.05, 0) is 74.6 Å². The number of anilines is 1. The summed E-state index contributed by atoms with van der Waals surface area (Å²) in [6, 6.07) is 0. The number of aliphatic hydroxyl groups is 2. The number of nitrogens with one attached hydrogen (secondary N) is 1. The highest BCUT2D eigenvalue weighted by molar-refractivity contribution is 7.93. The smallest absolute Gasteiger partial charge is 0.387 e. The Hall–Kier alpha value is -1.86. The fraction of sp³-hybridized carbons (Fsp3) is 0.550. The molecule has 2 aromatic rings. The summed E-state index contributed by atoms with van der Waals surface area (Å²) in [5.41, 5.74) is 2.51. The Morgan fingerprint density at radius 2 is 1.78 bits per heavy atom. The zero-order valence-electron chi connectivity index (χ0n) is 17.7. The van der Waals surface area contributed by atoms with Crippen LogP contribution >= 0.6 is 11.3 Å². The number of thiazole rings is 1. The Kier molecular flexibility index (Phi) is 6.18. The molecule has 1 aromatic carbocycles. The first kappa shape index (κ1) is 23.3. The number of rotatable bonds is 7. The van der Waals surface area contributed by atoms with Gasteiger partial charge < -0.3 is 20.3 Å². The van der Waals surface area contributed by atoms with Crippen LogP contribution in [0.4, 0.5) is 14.5 Å². The molecule has 8 nitrogen and oxygen atoms in total. The van der Waals surface area contributed by atoms with Crippen molar-refractivity contribution in [3.8, 4) is 5.75 Å². The van der Waals surface area contributed by atoms with Crippen molar-refractivity contribution in [2.75, 3.05) is 5.32 Å². The lowest BCUT2D eigenvalue weighted by atomic mass is 9.97. The Labute approximate surface area is 189 Å². The summed E-state index contributed by atoms with van der Waals surface area (Å²) in [6.07, 6.45) is 3.79. The van der Waals surface area contributed by atoms with Crippen molar-refractivity contribution in [3.63, 3.8) is 0 Å². The number of nitrogens with two attached hydrogens (primary N) is 1. The molecule has 176 valence electrons. The molecule has 1 heterocycles. The van der Waals surface area contributed by atoms with Gasteiger partial charge in [-0.2, -0.15) is 13.1 Å². The van der Waals surface area contributed by atoms with Crippen LogP contribution in [0.15, 0.2) is 14.8 Å². The van der Waals surface area contributed by atoms with Crippen LogP contribution in [0.1, 0.15) is 54.0 Å². The highest BCUT2D eigenvalue weighted by Crippen LogP contribution is 2.46. The summed E-state index contributed by atoms with van der Waals surface area (Å²) >= 11 is 0.961. The molecule has 0 bridgehead atoms. The van der Waals surface area contributed by atoms with Gasteiger partial charge in [-0.15, -0.1) is 11.3 Å². The van der Waals surface area contributed by atoms with Gasteiger partial charge >= 0.3 is 6.61 Å². The topological polar surface area (TPSA) is 130 Å². The van der Waals surface area contributed by atoms with E-state index in [1.165, 1.54) is 6.20 Å². The lowest BCUT2D eigenvalue weighted by Crippen LogP contribution is -2.23. The van der Waals surface area contributed by atoms with Gasteiger partial charge in [0.2, 0.25) is 6.35 Å². The second kappa shape index (κ2) is 8.49. The minimum atomic E-state index is -3.49. The number of aliphatic hydroxyl groups excluding tert-OH is 1. The van der Waals surface area contributed by atoms with E-state index in [4.69, 9.17) is 9.88 Å². The lowest BCUT2D eigenvalue weighted by Gasteiger charge is -2.22. The minimum absolute atomic E-state index is 0.131. The maximum Gasteiger partial charge on any atom is 0.387 e. The zero-order chi connectivity index (χ0) is 23.3. The standard InChI is InChI=1S/C20H26F2N4O4S2/c1-20(2,28)17-24-9-14(31-17)32(23,29)26-19(27)25-15-10-5-3-7-12(10)16(30-18(21)22)13-8-4-6-11(13)15/h9,18-19,25,27-28H,3-8H2,1-2H3,(H2,23,26,29). The monoisotopic (exact) mass is 488 g/mol. The highest BCUT2D eigenvalue weighted by Gasteiger charge is 2.32. The van der Waals surface area contributed by atoms with Crippen LogP contribution in [0.25, 0.3) is 0 Å². The predicted octanol–water partition coefficient (Wildman–Crippen LogP) is 3.04. The van der Waals surface area contributed by atoms with Crippen LogP contribution in [0.2, 0.25) is 0 Å². The molecule has 0 saturated heterocycles. The average molecular weight is 489 g/mol. The van der Waals surface area contributed by atoms with E-state index in [0.717, 1.165) is 46.4 Å². The largest absolute Gasteiger partial charge is 0.434 e. The quantitative estimate of drug-likeness (QED) is 0.443. The fourth-order valence-corrected chi connectivity index (χ4v) is 6.49. The van der Waals surface area contributed by atoms with Crippen LogP contribution in [0, 0.1) is 0 Å². The van der Waals surface area contributed by atoms with E-state index < -0.39 is 28.5 Å². The number of hydrogen-bond donors (Lipinski definition) is 4. The number of benzene rings is 1. The predicted molar refractivity (Wildman–Crippen MR) is 117 cm³/mol. The Bertz CT molecular complexity index is 1120. The molecule has 0 amide bonds. The number of ether oxygens (including phenoxy) is 1. The lowest BCUT2D eigenvalue weighted by molar-refractivity contribution is -0.0509. The summed E-state index contributed by atoms with van der Waals surface area (Å²) in [7, 11) is -3.49. The molecule has 1 aromatic heterocycles. The van der Waals surface area contributed by atoms with E-state index in [2.05, 4.69) is 14.7 Å². The fourth-order valence-electron chi connectivity index (χ4n) is 4.34. The van der Waals surface area contributed by atoms with Gasteiger partial charge in [-0.1, -0.05) is 0 Å². The van der Waals surface area contributed by atoms with Crippen molar-refractivity contribution in [1.82, 2.24) is 4.98 Å². The molecule has 4 rings (SSSR count). The van der Waals surface area contributed by atoms with E-state index in [1.54, 1.807) is 13.8 Å². The van der Waals surface area contributed by atoms with Crippen LogP contribution in [0.3, 0.4) is 0 Å². The molecular formula is C20H26F2N4O4S2. The molecular weight excluding hydrogens is 462 g/mol. The van der Waals surface area contributed by atoms with Gasteiger partial charge in [-0.25, -0.2) is 14.3 Å². The summed E-state index contributed by atoms with van der Waals surface area (Å²) < 4.78 is 47.9. The van der Waals surface area contributed by atoms with Crippen LogP contribution in [-0.4, -0.2) is 32.4 Å². The van der Waals surface area contributed by atoms with E-state index >= 15 is 0 Å². The Morgan fingerprint density at radius 3 is 2.28 bits per heavy atom. The van der Waals surface area contributed by atoms with Crippen molar-refractivity contribution in [2.45, 2.75) is 75.1 Å². The van der Waals surface area contributed by atoms with Crippen molar-refractivity contribution in [1.29, 1.82) is 0 Å². The van der Waals surface area contributed by atoms with Gasteiger partial charge in [0.15, 0.2) is 0 Å². The van der Waals surface area contributed by atoms with E-state index in [1.807, 2.05) is 0 Å². The van der Waals surface area contributed by atoms with Crippen molar-refractivity contribution >= 4 is 26.9 Å². The number of alkyl halides is 2. The highest BCUT2D eigenvalue weighted by atomic mass is 32.2. The molecule has 0 saturated carbocycles. The third-order valence-electron chi connectivity index (χ3n) is 5.62. The third kappa shape index (κ3) is 4.46. The van der Waals surface area contributed by atoms with E-state index in [9.17, 15) is 23.2 Å². The molecule has 2 aliphatic rings. The van der Waals surface area contributed by atoms with Gasteiger partial charge in [0.25, 0.3) is 0 Å². The van der Waals surface area contributed by atoms with Gasteiger partial charge in [0.05, 0.1) is 6.20 Å². The molecule has 0 fully saturated rings. The number of hydrogen-bond acceptors (Lipinski definition) is 8. The van der Waals surface area contributed by atoms with Gasteiger partial charge in [0.1, 0.15) is 30.5 Å². The molecule has 0 radical (unpaired) electrons. The third-order valence-corrected chi connectivity index (χ3v) is 8.89. The van der Waals surface area contributed by atoms with E-state index in [0.29, 0.717) is 36.4 Å². The van der Waals surface area contributed by atoms with Gasteiger partial charge in [0, 0.05) is 5.69 Å². The first-order chi connectivity index (χ1) is 15.0. The van der Waals surface area contributed by atoms with Crippen molar-refractivity contribution in [2.24, 2.45) is 9.50 Å². The molecule has 5 N–H and O–H groups in total. The second-order valence-corrected chi connectivity index (χ2v) is 11.5. The maximum absolute atomic E-state index is 13.0. The first-order valence-corrected chi connectivity index (χ1v) is 12.7. The molecule has 0 spiro atoms. The molecule has 2 atom stereocenters. The summed E-state index contributed by atoms with van der Waals surface area (Å²) in [5.74, 6) is 0.267. The molecule has 32 heavy (non-hydrogen) atoms. The zero-order valence-corrected chi connectivity index (χ0v) is 19.4. The number of nitrogens with zero attached hydrogens (tertiary/aromatic N) is 2. The molecule has 2 unspecified atom stereocenters. The molecule has 12 heteroatoms. The van der Waals surface area contributed by atoms with Crippen molar-refractivity contribution < 1.29 is 27.9 Å². The maximum atomic E-state index is 13.0. The molecule has 0 aliphatic heterocycles. The van der Waals surface area contributed by atoms with Crippen molar-refractivity contribution in [3.05, 3.63) is 33.5 Å². The van der Waals surface area contributed by atoms with E-state index in [-0.39, 0.29) is 9.96 Å². The Morgan fingerprint density at radius 1 is 1.22 bits per heavy atom. The average Bonchev–Trinajstić information content (AvgIpc) is 3.43.